The Bertz CT molecular complexity index is 741. The maximum Gasteiger partial charge on any atom is 0.251 e. The highest BCUT2D eigenvalue weighted by Gasteiger charge is 2.14. The van der Waals surface area contributed by atoms with Crippen LogP contribution in [-0.2, 0) is 0 Å². The fourth-order valence-corrected chi connectivity index (χ4v) is 2.44. The highest BCUT2D eigenvalue weighted by Crippen LogP contribution is 2.25. The quantitative estimate of drug-likeness (QED) is 0.900. The third-order valence-electron chi connectivity index (χ3n) is 3.03. The van der Waals surface area contributed by atoms with Crippen molar-refractivity contribution >= 4 is 29.1 Å². The average molecular weight is 335 g/mol. The standard InChI is InChI=1S/C16H12Cl2N2O2/c17-12-4-5-13(14(18)7-12)15(21)9-20-16(22)11-3-1-2-10(6-11)8-19/h1-7,15,21H,9H2,(H,20,22). The smallest absolute Gasteiger partial charge is 0.251 e. The summed E-state index contributed by atoms with van der Waals surface area (Å²) in [6, 6.07) is 13.0. The second-order valence-electron chi connectivity index (χ2n) is 4.58. The van der Waals surface area contributed by atoms with Gasteiger partial charge in [0.1, 0.15) is 0 Å². The number of hydrogen-bond donors (Lipinski definition) is 2. The Morgan fingerprint density at radius 1 is 1.27 bits per heavy atom. The Morgan fingerprint density at radius 2 is 2.05 bits per heavy atom. The molecule has 112 valence electrons. The molecule has 1 unspecified atom stereocenters. The van der Waals surface area contributed by atoms with Crippen LogP contribution in [-0.4, -0.2) is 17.6 Å². The van der Waals surface area contributed by atoms with Crippen molar-refractivity contribution in [1.82, 2.24) is 5.32 Å². The van der Waals surface area contributed by atoms with Gasteiger partial charge in [0.15, 0.2) is 0 Å². The largest absolute Gasteiger partial charge is 0.387 e. The first-order valence-corrected chi connectivity index (χ1v) is 7.18. The monoisotopic (exact) mass is 334 g/mol. The first-order valence-electron chi connectivity index (χ1n) is 6.42. The molecule has 2 N–H and O–H groups in total. The van der Waals surface area contributed by atoms with Gasteiger partial charge in [-0.05, 0) is 30.3 Å². The second-order valence-corrected chi connectivity index (χ2v) is 5.43. The zero-order valence-electron chi connectivity index (χ0n) is 11.4. The van der Waals surface area contributed by atoms with Crippen LogP contribution < -0.4 is 5.32 Å². The fraction of sp³-hybridized carbons (Fsp3) is 0.125. The second kappa shape index (κ2) is 7.28. The molecule has 22 heavy (non-hydrogen) atoms. The minimum atomic E-state index is -0.951. The molecule has 4 nitrogen and oxygen atoms in total. The van der Waals surface area contributed by atoms with Gasteiger partial charge in [-0.25, -0.2) is 0 Å². The number of benzene rings is 2. The van der Waals surface area contributed by atoms with Crippen molar-refractivity contribution in [3.8, 4) is 6.07 Å². The van der Waals surface area contributed by atoms with Crippen LogP contribution in [0.2, 0.25) is 10.0 Å². The topological polar surface area (TPSA) is 73.1 Å². The number of amides is 1. The first-order chi connectivity index (χ1) is 10.5. The van der Waals surface area contributed by atoms with Gasteiger partial charge in [0.05, 0.1) is 17.7 Å². The molecule has 2 aromatic carbocycles. The number of aliphatic hydroxyl groups excluding tert-OH is 1. The Morgan fingerprint density at radius 3 is 2.73 bits per heavy atom. The molecule has 2 rings (SSSR count). The Kier molecular flexibility index (Phi) is 5.40. The molecule has 1 amide bonds. The molecule has 6 heteroatoms. The predicted octanol–water partition coefficient (Wildman–Crippen LogP) is 3.33. The number of carbonyl (C=O) groups excluding carboxylic acids is 1. The van der Waals surface area contributed by atoms with E-state index in [1.54, 1.807) is 30.3 Å². The average Bonchev–Trinajstić information content (AvgIpc) is 2.52. The molecule has 0 heterocycles. The van der Waals surface area contributed by atoms with Gasteiger partial charge in [0, 0.05) is 27.7 Å². The summed E-state index contributed by atoms with van der Waals surface area (Å²) in [5.41, 5.74) is 1.24. The Labute approximate surface area is 137 Å². The molecule has 2 aromatic rings. The zero-order valence-corrected chi connectivity index (χ0v) is 12.9. The van der Waals surface area contributed by atoms with E-state index in [1.165, 1.54) is 12.1 Å². The van der Waals surface area contributed by atoms with Crippen molar-refractivity contribution in [3.63, 3.8) is 0 Å². The van der Waals surface area contributed by atoms with Crippen LogP contribution in [0.25, 0.3) is 0 Å². The summed E-state index contributed by atoms with van der Waals surface area (Å²) in [6.45, 7) is -0.00301. The maximum atomic E-state index is 12.0. The van der Waals surface area contributed by atoms with E-state index < -0.39 is 6.10 Å². The number of halogens is 2. The summed E-state index contributed by atoms with van der Waals surface area (Å²) in [5, 5.41) is 22.3. The van der Waals surface area contributed by atoms with Crippen LogP contribution in [0.5, 0.6) is 0 Å². The summed E-state index contributed by atoms with van der Waals surface area (Å²) in [7, 11) is 0. The van der Waals surface area contributed by atoms with Crippen molar-refractivity contribution in [2.45, 2.75) is 6.10 Å². The molecule has 0 radical (unpaired) electrons. The first kappa shape index (κ1) is 16.3. The van der Waals surface area contributed by atoms with Gasteiger partial charge < -0.3 is 10.4 Å². The molecule has 0 saturated carbocycles. The summed E-state index contributed by atoms with van der Waals surface area (Å²) in [4.78, 5) is 12.0. The Balaban J connectivity index is 2.02. The highest BCUT2D eigenvalue weighted by atomic mass is 35.5. The molecule has 0 aliphatic heterocycles. The highest BCUT2D eigenvalue weighted by molar-refractivity contribution is 6.35. The lowest BCUT2D eigenvalue weighted by atomic mass is 10.1. The van der Waals surface area contributed by atoms with Crippen molar-refractivity contribution in [2.24, 2.45) is 0 Å². The van der Waals surface area contributed by atoms with Gasteiger partial charge in [-0.2, -0.15) is 5.26 Å². The number of aliphatic hydroxyl groups is 1. The van der Waals surface area contributed by atoms with Crippen molar-refractivity contribution in [3.05, 3.63) is 69.2 Å². The van der Waals surface area contributed by atoms with E-state index in [4.69, 9.17) is 28.5 Å². The molecular formula is C16H12Cl2N2O2. The van der Waals surface area contributed by atoms with E-state index in [1.807, 2.05) is 6.07 Å². The summed E-state index contributed by atoms with van der Waals surface area (Å²) in [6.07, 6.45) is -0.951. The van der Waals surface area contributed by atoms with Crippen LogP contribution in [0.4, 0.5) is 0 Å². The molecule has 0 bridgehead atoms. The number of carbonyl (C=O) groups is 1. The molecule has 0 saturated heterocycles. The van der Waals surface area contributed by atoms with Crippen LogP contribution in [0.3, 0.4) is 0 Å². The molecule has 1 atom stereocenters. The predicted molar refractivity (Wildman–Crippen MR) is 84.9 cm³/mol. The van der Waals surface area contributed by atoms with E-state index in [0.717, 1.165) is 0 Å². The van der Waals surface area contributed by atoms with Crippen molar-refractivity contribution in [1.29, 1.82) is 5.26 Å². The number of rotatable bonds is 4. The van der Waals surface area contributed by atoms with Crippen LogP contribution in [0.15, 0.2) is 42.5 Å². The van der Waals surface area contributed by atoms with Crippen LogP contribution >= 0.6 is 23.2 Å². The van der Waals surface area contributed by atoms with E-state index in [2.05, 4.69) is 5.32 Å². The van der Waals surface area contributed by atoms with Gasteiger partial charge in [-0.15, -0.1) is 0 Å². The van der Waals surface area contributed by atoms with E-state index in [0.29, 0.717) is 26.7 Å². The van der Waals surface area contributed by atoms with Crippen molar-refractivity contribution in [2.75, 3.05) is 6.54 Å². The zero-order chi connectivity index (χ0) is 16.1. The number of nitriles is 1. The number of nitrogens with one attached hydrogen (secondary N) is 1. The molecule has 0 aliphatic rings. The molecular weight excluding hydrogens is 323 g/mol. The summed E-state index contributed by atoms with van der Waals surface area (Å²) < 4.78 is 0. The molecule has 0 fully saturated rings. The molecule has 0 aromatic heterocycles. The minimum Gasteiger partial charge on any atom is -0.387 e. The van der Waals surface area contributed by atoms with E-state index in [-0.39, 0.29) is 12.5 Å². The SMILES string of the molecule is N#Cc1cccc(C(=O)NCC(O)c2ccc(Cl)cc2Cl)c1. The Hall–Kier alpha value is -2.06. The van der Waals surface area contributed by atoms with Gasteiger partial charge >= 0.3 is 0 Å². The van der Waals surface area contributed by atoms with Crippen LogP contribution in [0.1, 0.15) is 27.6 Å². The van der Waals surface area contributed by atoms with Gasteiger partial charge in [0.2, 0.25) is 0 Å². The third-order valence-corrected chi connectivity index (χ3v) is 3.59. The molecule has 0 aliphatic carbocycles. The molecule has 0 spiro atoms. The van der Waals surface area contributed by atoms with Crippen LogP contribution in [0, 0.1) is 11.3 Å². The lowest BCUT2D eigenvalue weighted by Gasteiger charge is -2.14. The lowest BCUT2D eigenvalue weighted by Crippen LogP contribution is -2.28. The van der Waals surface area contributed by atoms with E-state index >= 15 is 0 Å². The maximum absolute atomic E-state index is 12.0. The van der Waals surface area contributed by atoms with Crippen molar-refractivity contribution < 1.29 is 9.90 Å². The third kappa shape index (κ3) is 3.99. The van der Waals surface area contributed by atoms with Gasteiger partial charge in [-0.3, -0.25) is 4.79 Å². The number of hydrogen-bond acceptors (Lipinski definition) is 3. The lowest BCUT2D eigenvalue weighted by molar-refractivity contribution is 0.0916. The van der Waals surface area contributed by atoms with Gasteiger partial charge in [0.25, 0.3) is 5.91 Å². The number of nitrogens with zero attached hydrogens (tertiary/aromatic N) is 1. The fourth-order valence-electron chi connectivity index (χ4n) is 1.90. The normalized spacial score (nSPS) is 11.5. The van der Waals surface area contributed by atoms with E-state index in [9.17, 15) is 9.90 Å². The van der Waals surface area contributed by atoms with Gasteiger partial charge in [-0.1, -0.05) is 35.3 Å². The minimum absolute atomic E-state index is 0.00301. The summed E-state index contributed by atoms with van der Waals surface area (Å²) >= 11 is 11.8. The summed E-state index contributed by atoms with van der Waals surface area (Å²) in [5.74, 6) is -0.374.